The Bertz CT molecular complexity index is 1270. The van der Waals surface area contributed by atoms with Crippen LogP contribution in [0, 0.1) is 0 Å². The number of amides is 2. The summed E-state index contributed by atoms with van der Waals surface area (Å²) in [5, 5.41) is 1.50. The van der Waals surface area contributed by atoms with Gasteiger partial charge in [-0.15, -0.1) is 0 Å². The molecule has 0 heterocycles. The molecule has 0 bridgehead atoms. The number of carbonyl (C=O) groups is 2. The van der Waals surface area contributed by atoms with E-state index < -0.39 is 0 Å². The van der Waals surface area contributed by atoms with Crippen LogP contribution in [0.25, 0.3) is 0 Å². The van der Waals surface area contributed by atoms with Crippen molar-refractivity contribution >= 4 is 58.2 Å². The van der Waals surface area contributed by atoms with Crippen LogP contribution in [0.5, 0.6) is 0 Å². The molecule has 38 heavy (non-hydrogen) atoms. The van der Waals surface area contributed by atoms with Crippen molar-refractivity contribution in [3.63, 3.8) is 0 Å². The van der Waals surface area contributed by atoms with Crippen molar-refractivity contribution in [2.75, 3.05) is 13.1 Å². The molecule has 4 aromatic rings. The molecule has 8 heteroatoms. The third-order valence-electron chi connectivity index (χ3n) is 5.87. The normalized spacial score (nSPS) is 10.7. The van der Waals surface area contributed by atoms with E-state index in [1.807, 2.05) is 60.7 Å². The minimum absolute atomic E-state index is 0.240. The summed E-state index contributed by atoms with van der Waals surface area (Å²) in [4.78, 5) is 30.6. The molecule has 0 radical (unpaired) electrons. The highest BCUT2D eigenvalue weighted by Crippen LogP contribution is 2.23. The SMILES string of the molecule is O=C(c1cc(Cl)cc(Cl)c1)N(CCN(Cc1ccccc1)C(=O)c1cc(Cl)cc(Cl)c1)Cc1ccccc1. The van der Waals surface area contributed by atoms with Gasteiger partial charge in [0.25, 0.3) is 11.8 Å². The van der Waals surface area contributed by atoms with Crippen LogP contribution in [0.1, 0.15) is 31.8 Å². The van der Waals surface area contributed by atoms with Gasteiger partial charge in [0.15, 0.2) is 0 Å². The molecule has 0 atom stereocenters. The molecule has 0 aromatic heterocycles. The molecule has 0 saturated heterocycles. The van der Waals surface area contributed by atoms with Gasteiger partial charge in [0.2, 0.25) is 0 Å². The van der Waals surface area contributed by atoms with Gasteiger partial charge in [-0.25, -0.2) is 0 Å². The summed E-state index contributed by atoms with van der Waals surface area (Å²) in [5.41, 5.74) is 2.66. The summed E-state index contributed by atoms with van der Waals surface area (Å²) in [5.74, 6) is -0.479. The van der Waals surface area contributed by atoms with Crippen LogP contribution in [-0.2, 0) is 13.1 Å². The zero-order valence-electron chi connectivity index (χ0n) is 20.3. The van der Waals surface area contributed by atoms with Gasteiger partial charge in [0.05, 0.1) is 0 Å². The maximum absolute atomic E-state index is 13.6. The number of hydrogen-bond acceptors (Lipinski definition) is 2. The average molecular weight is 586 g/mol. The van der Waals surface area contributed by atoms with E-state index in [9.17, 15) is 9.59 Å². The fourth-order valence-electron chi connectivity index (χ4n) is 4.07. The number of nitrogens with zero attached hydrogens (tertiary/aromatic N) is 2. The Hall–Kier alpha value is -3.02. The molecule has 0 saturated carbocycles. The van der Waals surface area contributed by atoms with E-state index in [0.29, 0.717) is 44.3 Å². The molecule has 0 aliphatic carbocycles. The highest BCUT2D eigenvalue weighted by atomic mass is 35.5. The van der Waals surface area contributed by atoms with Gasteiger partial charge in [0, 0.05) is 57.4 Å². The molecule has 194 valence electrons. The van der Waals surface area contributed by atoms with Crippen LogP contribution in [0.4, 0.5) is 0 Å². The van der Waals surface area contributed by atoms with Crippen LogP contribution in [0.2, 0.25) is 20.1 Å². The molecule has 0 aliphatic heterocycles. The fraction of sp³-hybridized carbons (Fsp3) is 0.133. The molecule has 0 unspecified atom stereocenters. The minimum atomic E-state index is -0.240. The summed E-state index contributed by atoms with van der Waals surface area (Å²) in [7, 11) is 0. The zero-order chi connectivity index (χ0) is 27.1. The first-order chi connectivity index (χ1) is 18.3. The van der Waals surface area contributed by atoms with Crippen molar-refractivity contribution in [3.05, 3.63) is 139 Å². The zero-order valence-corrected chi connectivity index (χ0v) is 23.3. The summed E-state index contributed by atoms with van der Waals surface area (Å²) in [6, 6.07) is 28.8. The number of benzene rings is 4. The maximum atomic E-state index is 13.6. The van der Waals surface area contributed by atoms with Crippen molar-refractivity contribution < 1.29 is 9.59 Å². The molecule has 0 fully saturated rings. The van der Waals surface area contributed by atoms with Gasteiger partial charge >= 0.3 is 0 Å². The van der Waals surface area contributed by atoms with E-state index >= 15 is 0 Å². The maximum Gasteiger partial charge on any atom is 0.254 e. The Labute approximate surface area is 242 Å². The van der Waals surface area contributed by atoms with Gasteiger partial charge in [0.1, 0.15) is 0 Å². The van der Waals surface area contributed by atoms with Crippen molar-refractivity contribution in [2.45, 2.75) is 13.1 Å². The average Bonchev–Trinajstić information content (AvgIpc) is 2.89. The first kappa shape index (κ1) is 28.0. The second-order valence-electron chi connectivity index (χ2n) is 8.74. The van der Waals surface area contributed by atoms with Crippen LogP contribution in [0.15, 0.2) is 97.1 Å². The Balaban J connectivity index is 1.63. The first-order valence-electron chi connectivity index (χ1n) is 11.9. The highest BCUT2D eigenvalue weighted by Gasteiger charge is 2.22. The summed E-state index contributed by atoms with van der Waals surface area (Å²) < 4.78 is 0. The van der Waals surface area contributed by atoms with E-state index in [4.69, 9.17) is 46.4 Å². The van der Waals surface area contributed by atoms with Crippen LogP contribution < -0.4 is 0 Å². The topological polar surface area (TPSA) is 40.6 Å². The van der Waals surface area contributed by atoms with Crippen LogP contribution in [-0.4, -0.2) is 34.7 Å². The first-order valence-corrected chi connectivity index (χ1v) is 13.4. The van der Waals surface area contributed by atoms with Gasteiger partial charge in [-0.05, 0) is 47.5 Å². The van der Waals surface area contributed by atoms with Gasteiger partial charge in [-0.2, -0.15) is 0 Å². The third-order valence-corrected chi connectivity index (χ3v) is 6.74. The Kier molecular flexibility index (Phi) is 9.70. The lowest BCUT2D eigenvalue weighted by atomic mass is 10.1. The smallest absolute Gasteiger partial charge is 0.254 e. The Morgan fingerprint density at radius 1 is 0.500 bits per heavy atom. The van der Waals surface area contributed by atoms with Gasteiger partial charge in [-0.3, -0.25) is 9.59 Å². The van der Waals surface area contributed by atoms with Crippen molar-refractivity contribution in [1.29, 1.82) is 0 Å². The molecule has 0 N–H and O–H groups in total. The number of carbonyl (C=O) groups excluding carboxylic acids is 2. The quantitative estimate of drug-likeness (QED) is 0.198. The summed E-state index contributed by atoms with van der Waals surface area (Å²) in [6.07, 6.45) is 0. The summed E-state index contributed by atoms with van der Waals surface area (Å²) >= 11 is 24.7. The van der Waals surface area contributed by atoms with Crippen LogP contribution in [0.3, 0.4) is 0 Å². The Morgan fingerprint density at radius 2 is 0.816 bits per heavy atom. The molecule has 4 nitrogen and oxygen atoms in total. The van der Waals surface area contributed by atoms with E-state index in [1.165, 1.54) is 0 Å². The predicted octanol–water partition coefficient (Wildman–Crippen LogP) is 8.29. The number of hydrogen-bond donors (Lipinski definition) is 0. The Morgan fingerprint density at radius 3 is 1.13 bits per heavy atom. The molecule has 0 aliphatic rings. The minimum Gasteiger partial charge on any atom is -0.333 e. The fourth-order valence-corrected chi connectivity index (χ4v) is 5.13. The van der Waals surface area contributed by atoms with E-state index in [2.05, 4.69) is 0 Å². The molecule has 0 spiro atoms. The van der Waals surface area contributed by atoms with Crippen molar-refractivity contribution in [3.8, 4) is 0 Å². The lowest BCUT2D eigenvalue weighted by Gasteiger charge is -2.29. The molecular weight excluding hydrogens is 562 g/mol. The standard InChI is InChI=1S/C30H24Cl4N2O2/c31-25-13-23(14-26(32)17-25)29(37)35(19-21-7-3-1-4-8-21)11-12-36(20-22-9-5-2-6-10-22)30(38)24-15-27(33)18-28(34)16-24/h1-10,13-18H,11-12,19-20H2. The lowest BCUT2D eigenvalue weighted by molar-refractivity contribution is 0.0644. The second-order valence-corrected chi connectivity index (χ2v) is 10.5. The molecule has 4 aromatic carbocycles. The number of halogens is 4. The largest absolute Gasteiger partial charge is 0.333 e. The third kappa shape index (κ3) is 7.75. The molecular formula is C30H24Cl4N2O2. The molecule has 4 rings (SSSR count). The van der Waals surface area contributed by atoms with Crippen LogP contribution >= 0.6 is 46.4 Å². The van der Waals surface area contributed by atoms with Gasteiger partial charge < -0.3 is 9.80 Å². The van der Waals surface area contributed by atoms with E-state index in [0.717, 1.165) is 11.1 Å². The van der Waals surface area contributed by atoms with E-state index in [-0.39, 0.29) is 24.9 Å². The monoisotopic (exact) mass is 584 g/mol. The molecule has 2 amide bonds. The summed E-state index contributed by atoms with van der Waals surface area (Å²) in [6.45, 7) is 1.23. The van der Waals surface area contributed by atoms with Crippen molar-refractivity contribution in [1.82, 2.24) is 9.80 Å². The van der Waals surface area contributed by atoms with Gasteiger partial charge in [-0.1, -0.05) is 107 Å². The second kappa shape index (κ2) is 13.2. The lowest BCUT2D eigenvalue weighted by Crippen LogP contribution is -2.40. The van der Waals surface area contributed by atoms with Crippen molar-refractivity contribution in [2.24, 2.45) is 0 Å². The highest BCUT2D eigenvalue weighted by molar-refractivity contribution is 6.35. The predicted molar refractivity (Wildman–Crippen MR) is 155 cm³/mol. The number of rotatable bonds is 9. The van der Waals surface area contributed by atoms with E-state index in [1.54, 1.807) is 46.2 Å².